The minimum absolute atomic E-state index is 0.333. The third kappa shape index (κ3) is 2.35. The lowest BCUT2D eigenvalue weighted by molar-refractivity contribution is -0.696. The van der Waals surface area contributed by atoms with Gasteiger partial charge in [0.25, 0.3) is 0 Å². The summed E-state index contributed by atoms with van der Waals surface area (Å²) in [5.41, 5.74) is 0. The quantitative estimate of drug-likeness (QED) is 0.553. The molecule has 0 saturated carbocycles. The topological polar surface area (TPSA) is 53.9 Å². The molecule has 1 fully saturated rings. The van der Waals surface area contributed by atoms with E-state index in [1.54, 1.807) is 0 Å². The van der Waals surface area contributed by atoms with Gasteiger partial charge >= 0.3 is 5.97 Å². The van der Waals surface area contributed by atoms with Gasteiger partial charge in [-0.25, -0.2) is 0 Å². The predicted octanol–water partition coefficient (Wildman–Crippen LogP) is -0.423. The molecule has 1 aliphatic rings. The third-order valence-corrected chi connectivity index (χ3v) is 1.97. The van der Waals surface area contributed by atoms with Crippen LogP contribution in [-0.4, -0.2) is 23.7 Å². The van der Waals surface area contributed by atoms with E-state index in [2.05, 4.69) is 5.32 Å². The molecule has 58 valence electrons. The van der Waals surface area contributed by atoms with Gasteiger partial charge in [-0.15, -0.1) is 0 Å². The first-order valence-electron chi connectivity index (χ1n) is 3.84. The highest BCUT2D eigenvalue weighted by molar-refractivity contribution is 5.67. The smallest absolute Gasteiger partial charge is 0.309 e. The molecule has 0 amide bonds. The zero-order valence-corrected chi connectivity index (χ0v) is 6.05. The summed E-state index contributed by atoms with van der Waals surface area (Å²) in [6, 6.07) is 0.353. The van der Waals surface area contributed by atoms with E-state index in [4.69, 9.17) is 5.11 Å². The van der Waals surface area contributed by atoms with E-state index >= 15 is 0 Å². The lowest BCUT2D eigenvalue weighted by atomic mass is 10.0. The normalized spacial score (nSPS) is 26.2. The highest BCUT2D eigenvalue weighted by Crippen LogP contribution is 2.03. The van der Waals surface area contributed by atoms with Crippen molar-refractivity contribution in [2.45, 2.75) is 31.7 Å². The maximum absolute atomic E-state index is 10.2. The van der Waals surface area contributed by atoms with Crippen LogP contribution in [0.15, 0.2) is 0 Å². The van der Waals surface area contributed by atoms with E-state index in [9.17, 15) is 4.79 Å². The Morgan fingerprint density at radius 2 is 2.40 bits per heavy atom. The van der Waals surface area contributed by atoms with Crippen molar-refractivity contribution < 1.29 is 15.2 Å². The van der Waals surface area contributed by atoms with Crippen molar-refractivity contribution in [3.05, 3.63) is 0 Å². The van der Waals surface area contributed by atoms with Crippen LogP contribution in [0, 0.1) is 0 Å². The molecule has 1 saturated heterocycles. The Bertz CT molecular complexity index is 119. The van der Waals surface area contributed by atoms with Crippen LogP contribution in [0.25, 0.3) is 0 Å². The Labute approximate surface area is 60.4 Å². The molecule has 3 nitrogen and oxygen atoms in total. The van der Waals surface area contributed by atoms with Gasteiger partial charge in [-0.1, -0.05) is 0 Å². The molecule has 3 N–H and O–H groups in total. The van der Waals surface area contributed by atoms with Gasteiger partial charge in [0, 0.05) is 6.42 Å². The molecule has 3 heteroatoms. The van der Waals surface area contributed by atoms with E-state index < -0.39 is 5.97 Å². The Morgan fingerprint density at radius 1 is 1.60 bits per heavy atom. The molecular formula is C7H14NO2+. The summed E-state index contributed by atoms with van der Waals surface area (Å²) >= 11 is 0. The van der Waals surface area contributed by atoms with Crippen molar-refractivity contribution in [2.24, 2.45) is 0 Å². The minimum atomic E-state index is -0.664. The summed E-state index contributed by atoms with van der Waals surface area (Å²) < 4.78 is 0. The number of hydrogen-bond acceptors (Lipinski definition) is 1. The Hall–Kier alpha value is -0.570. The molecule has 1 unspecified atom stereocenters. The van der Waals surface area contributed by atoms with Gasteiger partial charge in [-0.2, -0.15) is 0 Å². The van der Waals surface area contributed by atoms with Gasteiger partial charge in [-0.3, -0.25) is 4.79 Å². The standard InChI is InChI=1S/C7H13NO2/c9-7(10)5-6-3-1-2-4-8-6/h6,8H,1-5H2,(H,9,10)/p+1. The molecule has 1 heterocycles. The number of aliphatic carboxylic acids is 1. The molecule has 0 spiro atoms. The third-order valence-electron chi connectivity index (χ3n) is 1.97. The van der Waals surface area contributed by atoms with Gasteiger partial charge in [0.15, 0.2) is 0 Å². The van der Waals surface area contributed by atoms with E-state index in [1.165, 1.54) is 12.8 Å². The van der Waals surface area contributed by atoms with Crippen molar-refractivity contribution >= 4 is 5.97 Å². The van der Waals surface area contributed by atoms with Crippen molar-refractivity contribution in [3.8, 4) is 0 Å². The van der Waals surface area contributed by atoms with Crippen LogP contribution in [0.1, 0.15) is 25.7 Å². The zero-order valence-electron chi connectivity index (χ0n) is 6.05. The number of rotatable bonds is 2. The van der Waals surface area contributed by atoms with Gasteiger partial charge in [0.05, 0.1) is 19.0 Å². The van der Waals surface area contributed by atoms with Crippen LogP contribution in [0.3, 0.4) is 0 Å². The molecule has 10 heavy (non-hydrogen) atoms. The number of piperidine rings is 1. The average Bonchev–Trinajstić information content (AvgIpc) is 1.88. The average molecular weight is 144 g/mol. The minimum Gasteiger partial charge on any atom is -0.481 e. The van der Waals surface area contributed by atoms with E-state index in [0.29, 0.717) is 12.5 Å². The van der Waals surface area contributed by atoms with Crippen molar-refractivity contribution in [1.29, 1.82) is 0 Å². The molecule has 0 aromatic carbocycles. The number of carboxylic acids is 1. The van der Waals surface area contributed by atoms with E-state index in [1.807, 2.05) is 0 Å². The fourth-order valence-electron chi connectivity index (χ4n) is 1.43. The van der Waals surface area contributed by atoms with Gasteiger partial charge < -0.3 is 10.4 Å². The summed E-state index contributed by atoms with van der Waals surface area (Å²) in [7, 11) is 0. The SMILES string of the molecule is O=C(O)CC1CCCC[NH2+]1. The molecular weight excluding hydrogens is 130 g/mol. The summed E-state index contributed by atoms with van der Waals surface area (Å²) in [6.45, 7) is 1.11. The van der Waals surface area contributed by atoms with E-state index in [0.717, 1.165) is 13.0 Å². The van der Waals surface area contributed by atoms with Crippen LogP contribution in [0.2, 0.25) is 0 Å². The van der Waals surface area contributed by atoms with Crippen LogP contribution >= 0.6 is 0 Å². The maximum atomic E-state index is 10.2. The van der Waals surface area contributed by atoms with Crippen molar-refractivity contribution in [2.75, 3.05) is 6.54 Å². The first-order valence-corrected chi connectivity index (χ1v) is 3.84. The molecule has 0 aromatic rings. The van der Waals surface area contributed by atoms with Crippen molar-refractivity contribution in [3.63, 3.8) is 0 Å². The van der Waals surface area contributed by atoms with Crippen LogP contribution in [0.4, 0.5) is 0 Å². The summed E-state index contributed by atoms with van der Waals surface area (Å²) in [6.07, 6.45) is 3.86. The van der Waals surface area contributed by atoms with Crippen molar-refractivity contribution in [1.82, 2.24) is 0 Å². The number of quaternary nitrogens is 1. The number of carbonyl (C=O) groups is 1. The molecule has 1 rings (SSSR count). The lowest BCUT2D eigenvalue weighted by Gasteiger charge is -2.17. The largest absolute Gasteiger partial charge is 0.481 e. The molecule has 0 radical (unpaired) electrons. The number of hydrogen-bond donors (Lipinski definition) is 2. The summed E-state index contributed by atoms with van der Waals surface area (Å²) in [5, 5.41) is 10.6. The molecule has 0 aromatic heterocycles. The van der Waals surface area contributed by atoms with Crippen LogP contribution in [0.5, 0.6) is 0 Å². The molecule has 0 aliphatic carbocycles. The Kier molecular flexibility index (Phi) is 2.68. The van der Waals surface area contributed by atoms with Crippen LogP contribution < -0.4 is 5.32 Å². The lowest BCUT2D eigenvalue weighted by Crippen LogP contribution is -2.91. The number of carboxylic acid groups (broad SMARTS) is 1. The molecule has 0 bridgehead atoms. The second-order valence-electron chi connectivity index (χ2n) is 2.88. The fourth-order valence-corrected chi connectivity index (χ4v) is 1.43. The highest BCUT2D eigenvalue weighted by atomic mass is 16.4. The molecule has 1 aliphatic heterocycles. The van der Waals surface area contributed by atoms with Gasteiger partial charge in [0.1, 0.15) is 0 Å². The zero-order chi connectivity index (χ0) is 7.40. The van der Waals surface area contributed by atoms with Gasteiger partial charge in [-0.05, 0) is 12.8 Å². The molecule has 1 atom stereocenters. The Balaban J connectivity index is 2.19. The fraction of sp³-hybridized carbons (Fsp3) is 0.857. The first-order chi connectivity index (χ1) is 4.79. The maximum Gasteiger partial charge on any atom is 0.309 e. The predicted molar refractivity (Wildman–Crippen MR) is 36.7 cm³/mol. The second-order valence-corrected chi connectivity index (χ2v) is 2.88. The second kappa shape index (κ2) is 3.56. The monoisotopic (exact) mass is 144 g/mol. The number of nitrogens with two attached hydrogens (primary N) is 1. The Morgan fingerprint density at radius 3 is 2.90 bits per heavy atom. The first kappa shape index (κ1) is 7.54. The van der Waals surface area contributed by atoms with E-state index in [-0.39, 0.29) is 0 Å². The summed E-state index contributed by atoms with van der Waals surface area (Å²) in [5.74, 6) is -0.664. The highest BCUT2D eigenvalue weighted by Gasteiger charge is 2.18. The van der Waals surface area contributed by atoms with Gasteiger partial charge in [0.2, 0.25) is 0 Å². The van der Waals surface area contributed by atoms with Crippen LogP contribution in [-0.2, 0) is 4.79 Å². The summed E-state index contributed by atoms with van der Waals surface area (Å²) in [4.78, 5) is 10.2.